The number of hydrogen-bond donors (Lipinski definition) is 1. The molecule has 0 amide bonds. The molecular formula is C12H21N3. The second-order valence-electron chi connectivity index (χ2n) is 4.61. The monoisotopic (exact) mass is 207 g/mol. The van der Waals surface area contributed by atoms with Crippen LogP contribution in [0.25, 0.3) is 0 Å². The third kappa shape index (κ3) is 2.52. The summed E-state index contributed by atoms with van der Waals surface area (Å²) >= 11 is 0. The molecule has 1 aromatic rings. The highest BCUT2D eigenvalue weighted by Gasteiger charge is 2.23. The summed E-state index contributed by atoms with van der Waals surface area (Å²) in [7, 11) is 1.96. The third-order valence-electron chi connectivity index (χ3n) is 3.49. The number of anilines is 1. The fourth-order valence-corrected chi connectivity index (χ4v) is 2.60. The molecule has 3 nitrogen and oxygen atoms in total. The van der Waals surface area contributed by atoms with Gasteiger partial charge in [0.1, 0.15) is 0 Å². The van der Waals surface area contributed by atoms with E-state index < -0.39 is 0 Å². The van der Waals surface area contributed by atoms with Gasteiger partial charge in [0.2, 0.25) is 0 Å². The van der Waals surface area contributed by atoms with Crippen molar-refractivity contribution in [3.05, 3.63) is 12.4 Å². The Morgan fingerprint density at radius 2 is 2.27 bits per heavy atom. The Bertz CT molecular complexity index is 306. The van der Waals surface area contributed by atoms with Gasteiger partial charge < -0.3 is 5.32 Å². The lowest BCUT2D eigenvalue weighted by molar-refractivity contribution is 0.317. The predicted octanol–water partition coefficient (Wildman–Crippen LogP) is 2.80. The topological polar surface area (TPSA) is 29.9 Å². The van der Waals surface area contributed by atoms with Gasteiger partial charge in [-0.2, -0.15) is 5.10 Å². The molecule has 2 atom stereocenters. The molecule has 0 radical (unpaired) electrons. The van der Waals surface area contributed by atoms with Crippen LogP contribution in [0.3, 0.4) is 0 Å². The number of aromatic nitrogens is 2. The number of nitrogens with zero attached hydrogens (tertiary/aromatic N) is 2. The molecule has 3 heteroatoms. The van der Waals surface area contributed by atoms with E-state index in [2.05, 4.69) is 23.5 Å². The Labute approximate surface area is 91.9 Å². The van der Waals surface area contributed by atoms with Crippen LogP contribution < -0.4 is 5.32 Å². The van der Waals surface area contributed by atoms with Gasteiger partial charge in [-0.15, -0.1) is 0 Å². The van der Waals surface area contributed by atoms with Crippen molar-refractivity contribution < 1.29 is 0 Å². The van der Waals surface area contributed by atoms with Crippen LogP contribution in [0.2, 0.25) is 0 Å². The van der Waals surface area contributed by atoms with Crippen molar-refractivity contribution in [2.45, 2.75) is 45.1 Å². The van der Waals surface area contributed by atoms with Crippen LogP contribution in [-0.2, 0) is 7.05 Å². The molecule has 84 valence electrons. The largest absolute Gasteiger partial charge is 0.379 e. The van der Waals surface area contributed by atoms with Crippen molar-refractivity contribution in [1.29, 1.82) is 0 Å². The second kappa shape index (κ2) is 4.69. The molecule has 0 aromatic carbocycles. The summed E-state index contributed by atoms with van der Waals surface area (Å²) in [6, 6.07) is 0.660. The highest BCUT2D eigenvalue weighted by Crippen LogP contribution is 2.29. The van der Waals surface area contributed by atoms with Crippen LogP contribution >= 0.6 is 0 Å². The highest BCUT2D eigenvalue weighted by molar-refractivity contribution is 5.39. The van der Waals surface area contributed by atoms with Gasteiger partial charge in [-0.05, 0) is 18.8 Å². The van der Waals surface area contributed by atoms with Crippen molar-refractivity contribution in [2.24, 2.45) is 13.0 Å². The second-order valence-corrected chi connectivity index (χ2v) is 4.61. The third-order valence-corrected chi connectivity index (χ3v) is 3.49. The molecule has 0 bridgehead atoms. The lowest BCUT2D eigenvalue weighted by atomic mass is 9.83. The van der Waals surface area contributed by atoms with Crippen molar-refractivity contribution in [2.75, 3.05) is 5.32 Å². The van der Waals surface area contributed by atoms with E-state index in [9.17, 15) is 0 Å². The Morgan fingerprint density at radius 1 is 1.47 bits per heavy atom. The maximum Gasteiger partial charge on any atom is 0.0728 e. The van der Waals surface area contributed by atoms with Gasteiger partial charge in [-0.3, -0.25) is 4.68 Å². The minimum Gasteiger partial charge on any atom is -0.379 e. The van der Waals surface area contributed by atoms with Gasteiger partial charge in [0.05, 0.1) is 11.9 Å². The summed E-state index contributed by atoms with van der Waals surface area (Å²) in [6.45, 7) is 2.30. The first-order chi connectivity index (χ1) is 7.29. The van der Waals surface area contributed by atoms with Gasteiger partial charge in [-0.25, -0.2) is 0 Å². The summed E-state index contributed by atoms with van der Waals surface area (Å²) < 4.78 is 1.85. The molecule has 0 aliphatic heterocycles. The predicted molar refractivity (Wildman–Crippen MR) is 62.9 cm³/mol. The zero-order valence-electron chi connectivity index (χ0n) is 9.74. The zero-order valence-corrected chi connectivity index (χ0v) is 9.74. The number of nitrogens with one attached hydrogen (secondary N) is 1. The van der Waals surface area contributed by atoms with Gasteiger partial charge in [0.25, 0.3) is 0 Å². The van der Waals surface area contributed by atoms with E-state index in [4.69, 9.17) is 0 Å². The smallest absolute Gasteiger partial charge is 0.0728 e. The molecule has 1 aromatic heterocycles. The minimum absolute atomic E-state index is 0.660. The van der Waals surface area contributed by atoms with Crippen LogP contribution in [0.5, 0.6) is 0 Å². The fourth-order valence-electron chi connectivity index (χ4n) is 2.60. The van der Waals surface area contributed by atoms with Crippen LogP contribution in [0, 0.1) is 5.92 Å². The minimum atomic E-state index is 0.660. The first kappa shape index (κ1) is 10.5. The number of aryl methyl sites for hydroxylation is 1. The molecule has 2 unspecified atom stereocenters. The summed E-state index contributed by atoms with van der Waals surface area (Å²) in [4.78, 5) is 0. The van der Waals surface area contributed by atoms with Crippen LogP contribution in [0.15, 0.2) is 12.4 Å². The van der Waals surface area contributed by atoms with E-state index in [0.717, 1.165) is 5.92 Å². The summed E-state index contributed by atoms with van der Waals surface area (Å²) in [5, 5.41) is 7.81. The van der Waals surface area contributed by atoms with E-state index in [1.165, 1.54) is 37.8 Å². The maximum absolute atomic E-state index is 4.19. The number of rotatable bonds is 3. The van der Waals surface area contributed by atoms with E-state index in [0.29, 0.717) is 6.04 Å². The quantitative estimate of drug-likeness (QED) is 0.826. The molecule has 1 aliphatic carbocycles. The number of hydrogen-bond acceptors (Lipinski definition) is 2. The van der Waals surface area contributed by atoms with Crippen molar-refractivity contribution in [3.8, 4) is 0 Å². The standard InChI is InChI=1S/C12H21N3/c1-3-10-6-4-5-7-12(10)14-11-8-13-15(2)9-11/h8-10,12,14H,3-7H2,1-2H3. The Hall–Kier alpha value is -0.990. The lowest BCUT2D eigenvalue weighted by Gasteiger charge is -2.31. The Kier molecular flexibility index (Phi) is 3.29. The Morgan fingerprint density at radius 3 is 2.93 bits per heavy atom. The van der Waals surface area contributed by atoms with Gasteiger partial charge in [0.15, 0.2) is 0 Å². The van der Waals surface area contributed by atoms with E-state index >= 15 is 0 Å². The van der Waals surface area contributed by atoms with Crippen molar-refractivity contribution >= 4 is 5.69 Å². The highest BCUT2D eigenvalue weighted by atomic mass is 15.3. The van der Waals surface area contributed by atoms with Crippen molar-refractivity contribution in [1.82, 2.24) is 9.78 Å². The summed E-state index contributed by atoms with van der Waals surface area (Å²) in [5.74, 6) is 0.846. The van der Waals surface area contributed by atoms with E-state index in [-0.39, 0.29) is 0 Å². The lowest BCUT2D eigenvalue weighted by Crippen LogP contribution is -2.31. The molecule has 1 saturated carbocycles. The molecule has 1 N–H and O–H groups in total. The van der Waals surface area contributed by atoms with Gasteiger partial charge in [-0.1, -0.05) is 26.2 Å². The molecule has 2 rings (SSSR count). The zero-order chi connectivity index (χ0) is 10.7. The summed E-state index contributed by atoms with van der Waals surface area (Å²) in [6.07, 6.45) is 10.7. The van der Waals surface area contributed by atoms with Crippen LogP contribution in [0.4, 0.5) is 5.69 Å². The average molecular weight is 207 g/mol. The average Bonchev–Trinajstić information content (AvgIpc) is 2.65. The van der Waals surface area contributed by atoms with Crippen LogP contribution in [-0.4, -0.2) is 15.8 Å². The molecule has 0 saturated heterocycles. The molecule has 1 heterocycles. The SMILES string of the molecule is CCC1CCCCC1Nc1cnn(C)c1. The first-order valence-electron chi connectivity index (χ1n) is 6.04. The normalized spacial score (nSPS) is 26.5. The van der Waals surface area contributed by atoms with Gasteiger partial charge in [0, 0.05) is 19.3 Å². The van der Waals surface area contributed by atoms with Gasteiger partial charge >= 0.3 is 0 Å². The van der Waals surface area contributed by atoms with E-state index in [1.807, 2.05) is 17.9 Å². The summed E-state index contributed by atoms with van der Waals surface area (Å²) in [5.41, 5.74) is 1.17. The Balaban J connectivity index is 1.97. The van der Waals surface area contributed by atoms with Crippen molar-refractivity contribution in [3.63, 3.8) is 0 Å². The molecule has 1 aliphatic rings. The van der Waals surface area contributed by atoms with E-state index in [1.54, 1.807) is 0 Å². The van der Waals surface area contributed by atoms with Crippen LogP contribution in [0.1, 0.15) is 39.0 Å². The molecule has 1 fully saturated rings. The molecular weight excluding hydrogens is 186 g/mol. The molecule has 0 spiro atoms. The first-order valence-corrected chi connectivity index (χ1v) is 6.04. The molecule has 15 heavy (non-hydrogen) atoms. The maximum atomic E-state index is 4.19. The fraction of sp³-hybridized carbons (Fsp3) is 0.750.